The van der Waals surface area contributed by atoms with E-state index in [0.29, 0.717) is 0 Å². The third kappa shape index (κ3) is 5.21. The van der Waals surface area contributed by atoms with Crippen LogP contribution in [0.5, 0.6) is 5.75 Å². The molecule has 0 amide bonds. The standard InChI is InChI=1S/C12H19ClN2O/c1-16-11-6-7-12(15-10-11)14-9-5-3-2-4-8-13/h6-7,10H,2-5,8-9H2,1H3,(H,14,15). The van der Waals surface area contributed by atoms with E-state index in [0.717, 1.165) is 36.8 Å². The summed E-state index contributed by atoms with van der Waals surface area (Å²) in [5, 5.41) is 3.27. The molecule has 0 aliphatic heterocycles. The largest absolute Gasteiger partial charge is 0.495 e. The van der Waals surface area contributed by atoms with E-state index in [1.165, 1.54) is 12.8 Å². The van der Waals surface area contributed by atoms with Crippen molar-refractivity contribution >= 4 is 17.4 Å². The van der Waals surface area contributed by atoms with E-state index in [1.807, 2.05) is 12.1 Å². The molecule has 0 saturated carbocycles. The summed E-state index contributed by atoms with van der Waals surface area (Å²) in [6.45, 7) is 0.960. The topological polar surface area (TPSA) is 34.1 Å². The van der Waals surface area contributed by atoms with Crippen LogP contribution < -0.4 is 10.1 Å². The molecule has 0 atom stereocenters. The van der Waals surface area contributed by atoms with E-state index >= 15 is 0 Å². The molecule has 1 N–H and O–H groups in total. The molecule has 0 saturated heterocycles. The minimum Gasteiger partial charge on any atom is -0.495 e. The van der Waals surface area contributed by atoms with Gasteiger partial charge in [0.25, 0.3) is 0 Å². The molecule has 1 rings (SSSR count). The van der Waals surface area contributed by atoms with Gasteiger partial charge < -0.3 is 10.1 Å². The predicted molar refractivity (Wildman–Crippen MR) is 68.5 cm³/mol. The van der Waals surface area contributed by atoms with Gasteiger partial charge >= 0.3 is 0 Å². The quantitative estimate of drug-likeness (QED) is 0.561. The minimum atomic E-state index is 0.771. The molecule has 0 spiro atoms. The first-order valence-corrected chi connectivity index (χ1v) is 6.20. The fourth-order valence-electron chi connectivity index (χ4n) is 1.40. The number of ether oxygens (including phenoxy) is 1. The van der Waals surface area contributed by atoms with Crippen molar-refractivity contribution in [2.45, 2.75) is 25.7 Å². The van der Waals surface area contributed by atoms with Crippen molar-refractivity contribution in [2.75, 3.05) is 24.9 Å². The molecule has 90 valence electrons. The Labute approximate surface area is 102 Å². The number of hydrogen-bond donors (Lipinski definition) is 1. The molecular weight excluding hydrogens is 224 g/mol. The Bertz CT molecular complexity index is 277. The van der Waals surface area contributed by atoms with Crippen molar-refractivity contribution in [1.82, 2.24) is 4.98 Å². The van der Waals surface area contributed by atoms with Crippen LogP contribution in [0.25, 0.3) is 0 Å². The zero-order valence-electron chi connectivity index (χ0n) is 9.71. The van der Waals surface area contributed by atoms with Gasteiger partial charge in [-0.25, -0.2) is 4.98 Å². The molecule has 1 heterocycles. The van der Waals surface area contributed by atoms with Crippen LogP contribution in [-0.2, 0) is 0 Å². The number of pyridine rings is 1. The van der Waals surface area contributed by atoms with Crippen LogP contribution in [0.15, 0.2) is 18.3 Å². The highest BCUT2D eigenvalue weighted by molar-refractivity contribution is 6.17. The first kappa shape index (κ1) is 13.1. The Morgan fingerprint density at radius 1 is 1.25 bits per heavy atom. The summed E-state index contributed by atoms with van der Waals surface area (Å²) in [5.41, 5.74) is 0. The Hall–Kier alpha value is -0.960. The molecule has 0 aliphatic rings. The predicted octanol–water partition coefficient (Wildman–Crippen LogP) is 3.30. The van der Waals surface area contributed by atoms with Crippen LogP contribution in [-0.4, -0.2) is 24.5 Å². The summed E-state index contributed by atoms with van der Waals surface area (Å²) in [6.07, 6.45) is 6.42. The van der Waals surface area contributed by atoms with Crippen LogP contribution in [0.3, 0.4) is 0 Å². The SMILES string of the molecule is COc1ccc(NCCCCCCCl)nc1. The van der Waals surface area contributed by atoms with Gasteiger partial charge in [-0.05, 0) is 25.0 Å². The van der Waals surface area contributed by atoms with Gasteiger partial charge in [-0.3, -0.25) is 0 Å². The number of methoxy groups -OCH3 is 1. The molecule has 0 fully saturated rings. The highest BCUT2D eigenvalue weighted by Crippen LogP contribution is 2.11. The summed E-state index contributed by atoms with van der Waals surface area (Å²) in [5.74, 6) is 2.46. The van der Waals surface area contributed by atoms with Crippen molar-refractivity contribution in [3.05, 3.63) is 18.3 Å². The fourth-order valence-corrected chi connectivity index (χ4v) is 1.58. The summed E-state index contributed by atoms with van der Waals surface area (Å²) in [7, 11) is 1.64. The second kappa shape index (κ2) is 8.22. The maximum atomic E-state index is 5.60. The number of hydrogen-bond acceptors (Lipinski definition) is 3. The lowest BCUT2D eigenvalue weighted by atomic mass is 10.2. The molecule has 1 aromatic heterocycles. The average molecular weight is 243 g/mol. The lowest BCUT2D eigenvalue weighted by Crippen LogP contribution is -2.03. The molecule has 0 aromatic carbocycles. The minimum absolute atomic E-state index is 0.771. The van der Waals surface area contributed by atoms with Crippen LogP contribution in [0.2, 0.25) is 0 Å². The molecule has 0 radical (unpaired) electrons. The maximum absolute atomic E-state index is 5.60. The Morgan fingerprint density at radius 2 is 2.06 bits per heavy atom. The molecule has 0 aliphatic carbocycles. The van der Waals surface area contributed by atoms with Gasteiger partial charge in [0.2, 0.25) is 0 Å². The van der Waals surface area contributed by atoms with Gasteiger partial charge in [-0.15, -0.1) is 11.6 Å². The third-order valence-corrected chi connectivity index (χ3v) is 2.61. The number of anilines is 1. The van der Waals surface area contributed by atoms with Gasteiger partial charge in [0.05, 0.1) is 13.3 Å². The van der Waals surface area contributed by atoms with Crippen LogP contribution in [0, 0.1) is 0 Å². The number of alkyl halides is 1. The highest BCUT2D eigenvalue weighted by atomic mass is 35.5. The van der Waals surface area contributed by atoms with Crippen LogP contribution in [0.4, 0.5) is 5.82 Å². The summed E-state index contributed by atoms with van der Waals surface area (Å²) < 4.78 is 5.04. The maximum Gasteiger partial charge on any atom is 0.137 e. The van der Waals surface area contributed by atoms with Gasteiger partial charge in [0.1, 0.15) is 11.6 Å². The van der Waals surface area contributed by atoms with Crippen LogP contribution in [0.1, 0.15) is 25.7 Å². The first-order chi connectivity index (χ1) is 7.86. The molecule has 0 bridgehead atoms. The fraction of sp³-hybridized carbons (Fsp3) is 0.583. The van der Waals surface area contributed by atoms with Crippen molar-refractivity contribution in [2.24, 2.45) is 0 Å². The molecule has 16 heavy (non-hydrogen) atoms. The lowest BCUT2D eigenvalue weighted by molar-refractivity contribution is 0.413. The molecule has 0 unspecified atom stereocenters. The number of nitrogens with zero attached hydrogens (tertiary/aromatic N) is 1. The Kier molecular flexibility index (Phi) is 6.74. The van der Waals surface area contributed by atoms with Crippen LogP contribution >= 0.6 is 11.6 Å². The van der Waals surface area contributed by atoms with Gasteiger partial charge in [-0.1, -0.05) is 12.8 Å². The molecule has 4 heteroatoms. The third-order valence-electron chi connectivity index (χ3n) is 2.34. The summed E-state index contributed by atoms with van der Waals surface area (Å²) in [4.78, 5) is 4.23. The number of nitrogens with one attached hydrogen (secondary N) is 1. The van der Waals surface area contributed by atoms with Gasteiger partial charge in [-0.2, -0.15) is 0 Å². The number of aromatic nitrogens is 1. The van der Waals surface area contributed by atoms with Crippen molar-refractivity contribution in [3.63, 3.8) is 0 Å². The van der Waals surface area contributed by atoms with E-state index in [2.05, 4.69) is 10.3 Å². The van der Waals surface area contributed by atoms with Crippen molar-refractivity contribution in [1.29, 1.82) is 0 Å². The Balaban J connectivity index is 2.12. The summed E-state index contributed by atoms with van der Waals surface area (Å²) >= 11 is 5.60. The molecule has 3 nitrogen and oxygen atoms in total. The second-order valence-electron chi connectivity index (χ2n) is 3.61. The zero-order chi connectivity index (χ0) is 11.6. The first-order valence-electron chi connectivity index (χ1n) is 5.66. The zero-order valence-corrected chi connectivity index (χ0v) is 10.5. The average Bonchev–Trinajstić information content (AvgIpc) is 2.34. The number of halogens is 1. The van der Waals surface area contributed by atoms with E-state index in [9.17, 15) is 0 Å². The van der Waals surface area contributed by atoms with E-state index in [1.54, 1.807) is 13.3 Å². The van der Waals surface area contributed by atoms with Crippen molar-refractivity contribution in [3.8, 4) is 5.75 Å². The Morgan fingerprint density at radius 3 is 2.69 bits per heavy atom. The lowest BCUT2D eigenvalue weighted by Gasteiger charge is -2.05. The molecular formula is C12H19ClN2O. The van der Waals surface area contributed by atoms with Gasteiger partial charge in [0, 0.05) is 12.4 Å². The highest BCUT2D eigenvalue weighted by Gasteiger charge is 1.94. The monoisotopic (exact) mass is 242 g/mol. The van der Waals surface area contributed by atoms with E-state index < -0.39 is 0 Å². The number of unbranched alkanes of at least 4 members (excludes halogenated alkanes) is 3. The van der Waals surface area contributed by atoms with E-state index in [-0.39, 0.29) is 0 Å². The second-order valence-corrected chi connectivity index (χ2v) is 3.99. The van der Waals surface area contributed by atoms with Gasteiger partial charge in [0.15, 0.2) is 0 Å². The number of rotatable bonds is 8. The van der Waals surface area contributed by atoms with Crippen molar-refractivity contribution < 1.29 is 4.74 Å². The van der Waals surface area contributed by atoms with E-state index in [4.69, 9.17) is 16.3 Å². The smallest absolute Gasteiger partial charge is 0.137 e. The normalized spacial score (nSPS) is 10.1. The molecule has 1 aromatic rings. The summed E-state index contributed by atoms with van der Waals surface area (Å²) in [6, 6.07) is 3.83.